The van der Waals surface area contributed by atoms with Gasteiger partial charge >= 0.3 is 0 Å². The van der Waals surface area contributed by atoms with Gasteiger partial charge in [-0.3, -0.25) is 9.48 Å². The third kappa shape index (κ3) is 3.39. The molecule has 1 heterocycles. The Morgan fingerprint density at radius 1 is 1.52 bits per heavy atom. The van der Waals surface area contributed by atoms with Crippen LogP contribution in [0.25, 0.3) is 0 Å². The Hall–Kier alpha value is -1.10. The van der Waals surface area contributed by atoms with Crippen molar-refractivity contribution in [3.8, 4) is 0 Å². The first-order chi connectivity index (χ1) is 10.8. The van der Waals surface area contributed by atoms with E-state index in [-0.39, 0.29) is 11.3 Å². The minimum absolute atomic E-state index is 0.0515. The number of halogens is 1. The number of hydrogen-bond donors (Lipinski definition) is 1. The van der Waals surface area contributed by atoms with Crippen molar-refractivity contribution in [3.63, 3.8) is 0 Å². The summed E-state index contributed by atoms with van der Waals surface area (Å²) in [5, 5.41) is 7.44. The second-order valence-electron chi connectivity index (χ2n) is 7.83. The maximum atomic E-state index is 12.6. The molecular formula is C18H26BrN3O. The second kappa shape index (κ2) is 6.08. The van der Waals surface area contributed by atoms with E-state index < -0.39 is 0 Å². The molecule has 1 fully saturated rings. The van der Waals surface area contributed by atoms with Crippen molar-refractivity contribution >= 4 is 21.8 Å². The number of nitrogens with zero attached hydrogens (tertiary/aromatic N) is 2. The highest BCUT2D eigenvalue weighted by molar-refractivity contribution is 9.10. The number of rotatable bonds is 3. The smallest absolute Gasteiger partial charge is 0.270 e. The van der Waals surface area contributed by atoms with Crippen molar-refractivity contribution in [3.05, 3.63) is 27.5 Å². The highest BCUT2D eigenvalue weighted by Crippen LogP contribution is 2.45. The molecule has 1 aromatic heterocycles. The summed E-state index contributed by atoms with van der Waals surface area (Å²) in [5.41, 5.74) is 3.07. The normalized spacial score (nSPS) is 30.0. The summed E-state index contributed by atoms with van der Waals surface area (Å²) in [7, 11) is 1.81. The first-order valence-corrected chi connectivity index (χ1v) is 9.24. The van der Waals surface area contributed by atoms with Gasteiger partial charge in [0.2, 0.25) is 0 Å². The molecule has 3 aliphatic rings. The van der Waals surface area contributed by atoms with Crippen LogP contribution in [0, 0.1) is 24.2 Å². The van der Waals surface area contributed by atoms with Crippen molar-refractivity contribution in [2.45, 2.75) is 46.5 Å². The molecule has 1 N–H and O–H groups in total. The van der Waals surface area contributed by atoms with Crippen LogP contribution >= 0.6 is 15.9 Å². The largest absolute Gasteiger partial charge is 0.350 e. The summed E-state index contributed by atoms with van der Waals surface area (Å²) in [4.78, 5) is 12.6. The highest BCUT2D eigenvalue weighted by atomic mass is 79.9. The molecule has 0 aliphatic heterocycles. The van der Waals surface area contributed by atoms with Crippen molar-refractivity contribution in [2.24, 2.45) is 24.3 Å². The molecule has 1 aromatic rings. The predicted molar refractivity (Wildman–Crippen MR) is 95.3 cm³/mol. The number of fused-ring (bicyclic) bond motifs is 4. The first kappa shape index (κ1) is 16.7. The number of aryl methyl sites for hydroxylation is 2. The minimum Gasteiger partial charge on any atom is -0.350 e. The molecule has 1 saturated carbocycles. The summed E-state index contributed by atoms with van der Waals surface area (Å²) >= 11 is 3.47. The van der Waals surface area contributed by atoms with Crippen LogP contribution < -0.4 is 5.32 Å². The Morgan fingerprint density at radius 2 is 2.22 bits per heavy atom. The molecule has 0 radical (unpaired) electrons. The molecule has 0 saturated heterocycles. The van der Waals surface area contributed by atoms with Crippen LogP contribution in [0.1, 0.15) is 55.7 Å². The summed E-state index contributed by atoms with van der Waals surface area (Å²) < 4.78 is 2.43. The molecule has 4 rings (SSSR count). The average molecular weight is 380 g/mol. The Morgan fingerprint density at radius 3 is 2.83 bits per heavy atom. The van der Waals surface area contributed by atoms with Crippen molar-refractivity contribution in [2.75, 3.05) is 6.54 Å². The van der Waals surface area contributed by atoms with Crippen molar-refractivity contribution in [1.29, 1.82) is 0 Å². The molecule has 0 spiro atoms. The lowest BCUT2D eigenvalue weighted by Crippen LogP contribution is -2.38. The number of amides is 1. The first-order valence-electron chi connectivity index (χ1n) is 8.45. The van der Waals surface area contributed by atoms with Gasteiger partial charge in [-0.05, 0) is 60.4 Å². The Balaban J connectivity index is 1.72. The van der Waals surface area contributed by atoms with Gasteiger partial charge in [0.15, 0.2) is 0 Å². The molecule has 126 valence electrons. The zero-order valence-corrected chi connectivity index (χ0v) is 16.0. The fourth-order valence-corrected chi connectivity index (χ4v) is 4.85. The monoisotopic (exact) mass is 379 g/mol. The third-order valence-electron chi connectivity index (χ3n) is 5.22. The van der Waals surface area contributed by atoms with E-state index in [1.54, 1.807) is 10.3 Å². The quantitative estimate of drug-likeness (QED) is 0.806. The maximum Gasteiger partial charge on any atom is 0.270 e. The molecule has 2 bridgehead atoms. The number of carbonyl (C=O) groups excluding carboxylic acids is 1. The molecule has 0 aromatic carbocycles. The Kier molecular flexibility index (Phi) is 4.43. The number of hydrogen-bond acceptors (Lipinski definition) is 2. The lowest BCUT2D eigenvalue weighted by atomic mass is 9.66. The van der Waals surface area contributed by atoms with E-state index in [4.69, 9.17) is 0 Å². The van der Waals surface area contributed by atoms with Gasteiger partial charge in [-0.15, -0.1) is 0 Å². The van der Waals surface area contributed by atoms with E-state index in [0.717, 1.165) is 22.5 Å². The van der Waals surface area contributed by atoms with Gasteiger partial charge in [-0.1, -0.05) is 25.5 Å². The molecule has 5 heteroatoms. The van der Waals surface area contributed by atoms with Gasteiger partial charge in [0.1, 0.15) is 5.69 Å². The van der Waals surface area contributed by atoms with E-state index in [9.17, 15) is 4.79 Å². The van der Waals surface area contributed by atoms with Crippen molar-refractivity contribution < 1.29 is 4.79 Å². The molecule has 1 amide bonds. The summed E-state index contributed by atoms with van der Waals surface area (Å²) in [6.45, 7) is 7.20. The molecular weight excluding hydrogens is 354 g/mol. The zero-order valence-electron chi connectivity index (χ0n) is 14.4. The fraction of sp³-hybridized carbons (Fsp3) is 0.667. The van der Waals surface area contributed by atoms with Crippen LogP contribution in [-0.2, 0) is 7.05 Å². The second-order valence-corrected chi connectivity index (χ2v) is 8.62. The van der Waals surface area contributed by atoms with Gasteiger partial charge < -0.3 is 5.32 Å². The van der Waals surface area contributed by atoms with E-state index in [1.165, 1.54) is 19.3 Å². The van der Waals surface area contributed by atoms with E-state index in [1.807, 2.05) is 14.0 Å². The number of allylic oxidation sites excluding steroid dienone is 1. The van der Waals surface area contributed by atoms with E-state index in [2.05, 4.69) is 46.3 Å². The molecule has 4 nitrogen and oxygen atoms in total. The van der Waals surface area contributed by atoms with Crippen molar-refractivity contribution in [1.82, 2.24) is 15.1 Å². The molecule has 3 aliphatic carbocycles. The average Bonchev–Trinajstić information content (AvgIpc) is 2.65. The van der Waals surface area contributed by atoms with Gasteiger partial charge in [-0.25, -0.2) is 0 Å². The number of carbonyl (C=O) groups is 1. The topological polar surface area (TPSA) is 46.9 Å². The van der Waals surface area contributed by atoms with Crippen LogP contribution in [0.5, 0.6) is 0 Å². The Bertz CT molecular complexity index is 655. The predicted octanol–water partition coefficient (Wildman–Crippen LogP) is 3.99. The van der Waals surface area contributed by atoms with Gasteiger partial charge in [0, 0.05) is 19.0 Å². The standard InChI is InChI=1S/C18H26BrN3O/c1-11-5-13-6-14(7-13)9-18(3,8-11)10-20-17(23)16-15(19)12(2)21-22(16)4/h9,11,13H,5-8,10H2,1-4H3,(H,20,23). The molecule has 2 atom stereocenters. The van der Waals surface area contributed by atoms with Gasteiger partial charge in [0.05, 0.1) is 10.2 Å². The lowest BCUT2D eigenvalue weighted by Gasteiger charge is -2.41. The fourth-order valence-electron chi connectivity index (χ4n) is 4.33. The van der Waals surface area contributed by atoms with Gasteiger partial charge in [0.25, 0.3) is 5.91 Å². The Labute approximate surface area is 146 Å². The van der Waals surface area contributed by atoms with E-state index >= 15 is 0 Å². The number of nitrogens with one attached hydrogen (secondary N) is 1. The molecule has 2 unspecified atom stereocenters. The van der Waals surface area contributed by atoms with E-state index in [0.29, 0.717) is 18.2 Å². The third-order valence-corrected chi connectivity index (χ3v) is 6.17. The number of aromatic nitrogens is 2. The summed E-state index contributed by atoms with van der Waals surface area (Å²) in [6, 6.07) is 0. The summed E-state index contributed by atoms with van der Waals surface area (Å²) in [5.74, 6) is 1.57. The van der Waals surface area contributed by atoms with Crippen LogP contribution in [0.3, 0.4) is 0 Å². The summed E-state index contributed by atoms with van der Waals surface area (Å²) in [6.07, 6.45) is 7.43. The zero-order chi connectivity index (χ0) is 16.8. The van der Waals surface area contributed by atoms with Gasteiger partial charge in [-0.2, -0.15) is 5.10 Å². The van der Waals surface area contributed by atoms with Crippen LogP contribution in [-0.4, -0.2) is 22.2 Å². The maximum absolute atomic E-state index is 12.6. The minimum atomic E-state index is -0.0548. The molecule has 23 heavy (non-hydrogen) atoms. The van der Waals surface area contributed by atoms with Crippen LogP contribution in [0.2, 0.25) is 0 Å². The lowest BCUT2D eigenvalue weighted by molar-refractivity contribution is 0.0923. The van der Waals surface area contributed by atoms with Crippen LogP contribution in [0.4, 0.5) is 0 Å². The van der Waals surface area contributed by atoms with Crippen LogP contribution in [0.15, 0.2) is 16.1 Å². The highest BCUT2D eigenvalue weighted by Gasteiger charge is 2.35. The SMILES string of the molecule is Cc1nn(C)c(C(=O)NCC2(C)C=C3CC(C3)CC(C)C2)c1Br.